The van der Waals surface area contributed by atoms with E-state index in [4.69, 9.17) is 5.73 Å². The van der Waals surface area contributed by atoms with Crippen LogP contribution in [0.25, 0.3) is 10.9 Å². The summed E-state index contributed by atoms with van der Waals surface area (Å²) in [5, 5.41) is 0.863. The van der Waals surface area contributed by atoms with E-state index in [0.717, 1.165) is 23.4 Å². The first-order valence-corrected chi connectivity index (χ1v) is 6.97. The van der Waals surface area contributed by atoms with Crippen molar-refractivity contribution in [2.45, 2.75) is 13.3 Å². The zero-order chi connectivity index (χ0) is 14.3. The van der Waals surface area contributed by atoms with Crippen molar-refractivity contribution in [3.63, 3.8) is 0 Å². The van der Waals surface area contributed by atoms with Crippen LogP contribution in [0, 0.1) is 11.8 Å². The quantitative estimate of drug-likeness (QED) is 0.931. The number of nitrogens with two attached hydrogens (primary N) is 1. The lowest BCUT2D eigenvalue weighted by molar-refractivity contribution is 0.0789. The second-order valence-electron chi connectivity index (χ2n) is 5.77. The summed E-state index contributed by atoms with van der Waals surface area (Å²) in [4.78, 5) is 18.7. The van der Waals surface area contributed by atoms with Crippen LogP contribution in [0.2, 0.25) is 0 Å². The molecule has 4 nitrogen and oxygen atoms in total. The Balaban J connectivity index is 1.94. The smallest absolute Gasteiger partial charge is 0.254 e. The van der Waals surface area contributed by atoms with Crippen LogP contribution in [0.5, 0.6) is 0 Å². The predicted octanol–water partition coefficient (Wildman–Crippen LogP) is 2.55. The fraction of sp³-hybridized carbons (Fsp3) is 0.375. The number of para-hydroxylation sites is 1. The highest BCUT2D eigenvalue weighted by Gasteiger charge is 2.34. The van der Waals surface area contributed by atoms with E-state index in [9.17, 15) is 4.79 Å². The first-order chi connectivity index (χ1) is 9.56. The summed E-state index contributed by atoms with van der Waals surface area (Å²) in [7, 11) is 1.86. The van der Waals surface area contributed by atoms with Gasteiger partial charge in [0.1, 0.15) is 5.82 Å². The third kappa shape index (κ3) is 2.33. The molecule has 0 aliphatic heterocycles. The van der Waals surface area contributed by atoms with E-state index in [0.29, 0.717) is 17.3 Å². The van der Waals surface area contributed by atoms with Crippen LogP contribution in [0.3, 0.4) is 0 Å². The Hall–Kier alpha value is -2.10. The maximum atomic E-state index is 12.6. The lowest BCUT2D eigenvalue weighted by Crippen LogP contribution is -2.29. The van der Waals surface area contributed by atoms with Gasteiger partial charge in [-0.1, -0.05) is 25.1 Å². The second kappa shape index (κ2) is 4.78. The molecule has 104 valence electrons. The zero-order valence-electron chi connectivity index (χ0n) is 11.8. The topological polar surface area (TPSA) is 59.2 Å². The van der Waals surface area contributed by atoms with Gasteiger partial charge >= 0.3 is 0 Å². The van der Waals surface area contributed by atoms with E-state index in [2.05, 4.69) is 11.9 Å². The van der Waals surface area contributed by atoms with Crippen molar-refractivity contribution in [2.24, 2.45) is 11.8 Å². The first kappa shape index (κ1) is 12.9. The summed E-state index contributed by atoms with van der Waals surface area (Å²) >= 11 is 0. The molecule has 1 fully saturated rings. The molecule has 1 saturated carbocycles. The molecule has 0 bridgehead atoms. The minimum atomic E-state index is 0.0226. The van der Waals surface area contributed by atoms with E-state index in [1.807, 2.05) is 31.3 Å². The number of fused-ring (bicyclic) bond motifs is 1. The molecule has 1 aliphatic rings. The Labute approximate surface area is 118 Å². The number of hydrogen-bond donors (Lipinski definition) is 1. The van der Waals surface area contributed by atoms with Gasteiger partial charge in [0.25, 0.3) is 5.91 Å². The molecule has 4 heteroatoms. The number of carbonyl (C=O) groups excluding carboxylic acids is 1. The third-order valence-corrected chi connectivity index (χ3v) is 4.10. The van der Waals surface area contributed by atoms with Crippen molar-refractivity contribution >= 4 is 22.6 Å². The number of nitrogen functional groups attached to an aromatic ring is 1. The van der Waals surface area contributed by atoms with Crippen molar-refractivity contribution in [2.75, 3.05) is 19.3 Å². The van der Waals surface area contributed by atoms with Gasteiger partial charge in [-0.3, -0.25) is 4.79 Å². The van der Waals surface area contributed by atoms with Gasteiger partial charge in [-0.05, 0) is 30.4 Å². The molecule has 2 N–H and O–H groups in total. The SMILES string of the molecule is CC1CC1CN(C)C(=O)c1cc(N)nc2ccccc12. The predicted molar refractivity (Wildman–Crippen MR) is 80.4 cm³/mol. The van der Waals surface area contributed by atoms with E-state index in [-0.39, 0.29) is 5.91 Å². The van der Waals surface area contributed by atoms with Gasteiger partial charge in [-0.25, -0.2) is 4.98 Å². The Morgan fingerprint density at radius 3 is 2.85 bits per heavy atom. The molecule has 0 radical (unpaired) electrons. The summed E-state index contributed by atoms with van der Waals surface area (Å²) in [5.74, 6) is 1.80. The maximum absolute atomic E-state index is 12.6. The molecule has 1 aliphatic carbocycles. The molecule has 1 heterocycles. The van der Waals surface area contributed by atoms with E-state index < -0.39 is 0 Å². The Bertz CT molecular complexity index is 668. The van der Waals surface area contributed by atoms with Crippen LogP contribution in [0.15, 0.2) is 30.3 Å². The van der Waals surface area contributed by atoms with E-state index in [1.54, 1.807) is 11.0 Å². The molecule has 2 unspecified atom stereocenters. The van der Waals surface area contributed by atoms with Crippen LogP contribution >= 0.6 is 0 Å². The second-order valence-corrected chi connectivity index (χ2v) is 5.77. The van der Waals surface area contributed by atoms with Gasteiger partial charge in [0.05, 0.1) is 11.1 Å². The number of hydrogen-bond acceptors (Lipinski definition) is 3. The van der Waals surface area contributed by atoms with Gasteiger partial charge in [0.2, 0.25) is 0 Å². The summed E-state index contributed by atoms with van der Waals surface area (Å²) in [6.07, 6.45) is 1.22. The first-order valence-electron chi connectivity index (χ1n) is 6.97. The van der Waals surface area contributed by atoms with E-state index in [1.165, 1.54) is 6.42 Å². The summed E-state index contributed by atoms with van der Waals surface area (Å²) in [6, 6.07) is 9.30. The van der Waals surface area contributed by atoms with Gasteiger partial charge in [-0.2, -0.15) is 0 Å². The summed E-state index contributed by atoms with van der Waals surface area (Å²) in [5.41, 5.74) is 7.23. The fourth-order valence-corrected chi connectivity index (χ4v) is 2.67. The van der Waals surface area contributed by atoms with Gasteiger partial charge < -0.3 is 10.6 Å². The van der Waals surface area contributed by atoms with Gasteiger partial charge in [0, 0.05) is 19.0 Å². The van der Waals surface area contributed by atoms with Crippen molar-refractivity contribution in [3.05, 3.63) is 35.9 Å². The lowest BCUT2D eigenvalue weighted by atomic mass is 10.1. The Kier molecular flexibility index (Phi) is 3.08. The molecule has 1 amide bonds. The number of benzene rings is 1. The number of carbonyl (C=O) groups is 1. The molecular weight excluding hydrogens is 250 g/mol. The minimum Gasteiger partial charge on any atom is -0.384 e. The summed E-state index contributed by atoms with van der Waals surface area (Å²) < 4.78 is 0. The molecule has 20 heavy (non-hydrogen) atoms. The van der Waals surface area contributed by atoms with Crippen LogP contribution in [-0.2, 0) is 0 Å². The highest BCUT2D eigenvalue weighted by molar-refractivity contribution is 6.06. The average molecular weight is 269 g/mol. The molecule has 1 aromatic heterocycles. The van der Waals surface area contributed by atoms with E-state index >= 15 is 0 Å². The monoisotopic (exact) mass is 269 g/mol. The average Bonchev–Trinajstić information content (AvgIpc) is 3.12. The Morgan fingerprint density at radius 1 is 1.45 bits per heavy atom. The van der Waals surface area contributed by atoms with Crippen LogP contribution in [0.4, 0.5) is 5.82 Å². The number of pyridine rings is 1. The Morgan fingerprint density at radius 2 is 2.15 bits per heavy atom. The molecule has 2 atom stereocenters. The number of nitrogens with zero attached hydrogens (tertiary/aromatic N) is 2. The molecule has 1 aromatic carbocycles. The highest BCUT2D eigenvalue weighted by atomic mass is 16.2. The van der Waals surface area contributed by atoms with Crippen LogP contribution < -0.4 is 5.73 Å². The number of amides is 1. The van der Waals surface area contributed by atoms with Gasteiger partial charge in [-0.15, -0.1) is 0 Å². The maximum Gasteiger partial charge on any atom is 0.254 e. The normalized spacial score (nSPS) is 20.9. The van der Waals surface area contributed by atoms with Crippen molar-refractivity contribution in [1.82, 2.24) is 9.88 Å². The standard InChI is InChI=1S/C16H19N3O/c1-10-7-11(10)9-19(2)16(20)13-8-15(17)18-14-6-4-3-5-12(13)14/h3-6,8,10-11H,7,9H2,1-2H3,(H2,17,18). The zero-order valence-corrected chi connectivity index (χ0v) is 11.8. The molecule has 0 spiro atoms. The summed E-state index contributed by atoms with van der Waals surface area (Å²) in [6.45, 7) is 3.04. The third-order valence-electron chi connectivity index (χ3n) is 4.10. The van der Waals surface area contributed by atoms with Crippen molar-refractivity contribution in [3.8, 4) is 0 Å². The minimum absolute atomic E-state index is 0.0226. The lowest BCUT2D eigenvalue weighted by Gasteiger charge is -2.18. The highest BCUT2D eigenvalue weighted by Crippen LogP contribution is 2.38. The molecular formula is C16H19N3O. The number of aromatic nitrogens is 1. The number of anilines is 1. The molecule has 2 aromatic rings. The van der Waals surface area contributed by atoms with Crippen molar-refractivity contribution < 1.29 is 4.79 Å². The van der Waals surface area contributed by atoms with Gasteiger partial charge in [0.15, 0.2) is 0 Å². The van der Waals surface area contributed by atoms with Crippen LogP contribution in [0.1, 0.15) is 23.7 Å². The van der Waals surface area contributed by atoms with Crippen molar-refractivity contribution in [1.29, 1.82) is 0 Å². The largest absolute Gasteiger partial charge is 0.384 e. The fourth-order valence-electron chi connectivity index (χ4n) is 2.67. The van der Waals surface area contributed by atoms with Crippen LogP contribution in [-0.4, -0.2) is 29.4 Å². The number of rotatable bonds is 3. The molecule has 0 saturated heterocycles. The molecule has 3 rings (SSSR count).